The van der Waals surface area contributed by atoms with Crippen LogP contribution in [0.15, 0.2) is 11.4 Å². The summed E-state index contributed by atoms with van der Waals surface area (Å²) in [5.74, 6) is 0. The molecule has 2 rings (SSSR count). The Bertz CT molecular complexity index is 320. The quantitative estimate of drug-likeness (QED) is 0.884. The van der Waals surface area contributed by atoms with Crippen LogP contribution in [-0.2, 0) is 11.2 Å². The van der Waals surface area contributed by atoms with Crippen molar-refractivity contribution in [3.63, 3.8) is 0 Å². The van der Waals surface area contributed by atoms with Gasteiger partial charge in [-0.2, -0.15) is 0 Å². The average molecular weight is 246 g/mol. The Morgan fingerprint density at radius 1 is 1.53 bits per heavy atom. The molecule has 1 saturated heterocycles. The number of halogens is 1. The van der Waals surface area contributed by atoms with Crippen LogP contribution < -0.4 is 5.32 Å². The first-order valence-corrected chi connectivity index (χ1v) is 6.49. The maximum Gasteiger partial charge on any atom is 0.0750 e. The minimum Gasteiger partial charge on any atom is -0.378 e. The van der Waals surface area contributed by atoms with Crippen molar-refractivity contribution < 1.29 is 4.74 Å². The predicted molar refractivity (Wildman–Crippen MR) is 64.9 cm³/mol. The van der Waals surface area contributed by atoms with E-state index in [1.165, 1.54) is 4.88 Å². The zero-order valence-corrected chi connectivity index (χ0v) is 10.5. The lowest BCUT2D eigenvalue weighted by Crippen LogP contribution is -2.44. The van der Waals surface area contributed by atoms with Gasteiger partial charge in [0.15, 0.2) is 0 Å². The predicted octanol–water partition coefficient (Wildman–Crippen LogP) is 2.71. The number of ether oxygens (including phenoxy) is 1. The molecule has 4 heteroatoms. The van der Waals surface area contributed by atoms with E-state index in [9.17, 15) is 0 Å². The summed E-state index contributed by atoms with van der Waals surface area (Å²) in [7, 11) is 1.82. The van der Waals surface area contributed by atoms with Gasteiger partial charge in [0.2, 0.25) is 0 Å². The summed E-state index contributed by atoms with van der Waals surface area (Å²) < 4.78 is 5.72. The fraction of sp³-hybridized carbons (Fsp3) is 0.636. The highest BCUT2D eigenvalue weighted by atomic mass is 35.5. The molecular weight excluding hydrogens is 230 g/mol. The molecule has 0 spiro atoms. The molecule has 1 aliphatic rings. The Balaban J connectivity index is 2.06. The van der Waals surface area contributed by atoms with E-state index in [4.69, 9.17) is 16.3 Å². The van der Waals surface area contributed by atoms with E-state index in [0.717, 1.165) is 37.4 Å². The molecule has 0 atom stereocenters. The lowest BCUT2D eigenvalue weighted by molar-refractivity contribution is -0.0327. The van der Waals surface area contributed by atoms with Crippen LogP contribution in [0.1, 0.15) is 17.7 Å². The van der Waals surface area contributed by atoms with Gasteiger partial charge >= 0.3 is 0 Å². The Hall–Kier alpha value is -0.0900. The van der Waals surface area contributed by atoms with Crippen LogP contribution in [0.25, 0.3) is 0 Å². The van der Waals surface area contributed by atoms with Crippen LogP contribution >= 0.6 is 22.9 Å². The van der Waals surface area contributed by atoms with Gasteiger partial charge in [-0.1, -0.05) is 11.6 Å². The fourth-order valence-electron chi connectivity index (χ4n) is 2.10. The summed E-state index contributed by atoms with van der Waals surface area (Å²) in [5, 5.41) is 6.19. The van der Waals surface area contributed by atoms with E-state index >= 15 is 0 Å². The van der Waals surface area contributed by atoms with Gasteiger partial charge in [0.1, 0.15) is 0 Å². The molecule has 1 N–H and O–H groups in total. The van der Waals surface area contributed by atoms with E-state index in [1.54, 1.807) is 11.3 Å². The Morgan fingerprint density at radius 2 is 2.27 bits per heavy atom. The highest BCUT2D eigenvalue weighted by Crippen LogP contribution is 2.30. The second kappa shape index (κ2) is 4.83. The Morgan fingerprint density at radius 3 is 2.80 bits per heavy atom. The van der Waals surface area contributed by atoms with Crippen molar-refractivity contribution in [2.45, 2.75) is 24.9 Å². The van der Waals surface area contributed by atoms with Crippen molar-refractivity contribution in [2.24, 2.45) is 0 Å². The molecule has 0 saturated carbocycles. The summed E-state index contributed by atoms with van der Waals surface area (Å²) in [6, 6.07) is 2.05. The first kappa shape index (κ1) is 11.4. The summed E-state index contributed by atoms with van der Waals surface area (Å²) in [5.41, 5.74) is 0.0272. The van der Waals surface area contributed by atoms with Gasteiger partial charge in [-0.05, 0) is 32.0 Å². The molecule has 1 fully saturated rings. The van der Waals surface area contributed by atoms with E-state index < -0.39 is 0 Å². The molecular formula is C11H16ClNOS. The zero-order valence-electron chi connectivity index (χ0n) is 8.88. The largest absolute Gasteiger partial charge is 0.378 e. The number of nitrogens with one attached hydrogen (secondary N) is 1. The van der Waals surface area contributed by atoms with E-state index in [2.05, 4.69) is 11.4 Å². The summed E-state index contributed by atoms with van der Waals surface area (Å²) >= 11 is 7.65. The summed E-state index contributed by atoms with van der Waals surface area (Å²) in [6.45, 7) is 2.10. The molecule has 0 aliphatic carbocycles. The monoisotopic (exact) mass is 245 g/mol. The first-order valence-electron chi connectivity index (χ1n) is 5.23. The Kier molecular flexibility index (Phi) is 3.67. The van der Waals surface area contributed by atoms with Crippen molar-refractivity contribution >= 4 is 22.9 Å². The number of piperidine rings is 1. The maximum atomic E-state index is 5.92. The fourth-order valence-corrected chi connectivity index (χ4v) is 3.30. The van der Waals surface area contributed by atoms with Gasteiger partial charge in [0.25, 0.3) is 0 Å². The molecule has 0 aromatic carbocycles. The van der Waals surface area contributed by atoms with E-state index in [-0.39, 0.29) is 5.60 Å². The topological polar surface area (TPSA) is 21.3 Å². The van der Waals surface area contributed by atoms with Gasteiger partial charge < -0.3 is 10.1 Å². The number of hydrogen-bond acceptors (Lipinski definition) is 3. The van der Waals surface area contributed by atoms with Crippen molar-refractivity contribution in [2.75, 3.05) is 20.2 Å². The van der Waals surface area contributed by atoms with Crippen LogP contribution in [0.5, 0.6) is 0 Å². The van der Waals surface area contributed by atoms with Gasteiger partial charge in [-0.3, -0.25) is 0 Å². The summed E-state index contributed by atoms with van der Waals surface area (Å²) in [6.07, 6.45) is 3.15. The molecule has 1 aliphatic heterocycles. The molecule has 0 bridgehead atoms. The van der Waals surface area contributed by atoms with Crippen molar-refractivity contribution in [3.05, 3.63) is 21.3 Å². The first-order chi connectivity index (χ1) is 7.24. The van der Waals surface area contributed by atoms with Gasteiger partial charge in [0, 0.05) is 23.8 Å². The lowest BCUT2D eigenvalue weighted by Gasteiger charge is -2.36. The van der Waals surface area contributed by atoms with Gasteiger partial charge in [-0.15, -0.1) is 11.3 Å². The highest BCUT2D eigenvalue weighted by Gasteiger charge is 2.32. The molecule has 84 valence electrons. The minimum atomic E-state index is 0.0272. The third kappa shape index (κ3) is 2.72. The Labute approximate surface area is 99.6 Å². The molecule has 0 amide bonds. The normalized spacial score (nSPS) is 20.4. The number of hydrogen-bond donors (Lipinski definition) is 1. The van der Waals surface area contributed by atoms with Crippen LogP contribution in [0.4, 0.5) is 0 Å². The third-order valence-electron chi connectivity index (χ3n) is 3.07. The number of thiophene rings is 1. The molecule has 1 aromatic rings. The molecule has 2 heterocycles. The van der Waals surface area contributed by atoms with Crippen LogP contribution in [0.3, 0.4) is 0 Å². The molecule has 15 heavy (non-hydrogen) atoms. The van der Waals surface area contributed by atoms with Crippen LogP contribution in [-0.4, -0.2) is 25.8 Å². The maximum absolute atomic E-state index is 5.92. The smallest absolute Gasteiger partial charge is 0.0750 e. The minimum absolute atomic E-state index is 0.0272. The number of rotatable bonds is 3. The lowest BCUT2D eigenvalue weighted by atomic mass is 9.88. The van der Waals surface area contributed by atoms with Crippen LogP contribution in [0.2, 0.25) is 5.02 Å². The zero-order chi connectivity index (χ0) is 10.7. The van der Waals surface area contributed by atoms with E-state index in [1.807, 2.05) is 12.5 Å². The average Bonchev–Trinajstić information content (AvgIpc) is 2.65. The second-order valence-electron chi connectivity index (χ2n) is 4.05. The third-order valence-corrected chi connectivity index (χ3v) is 4.35. The summed E-state index contributed by atoms with van der Waals surface area (Å²) in [4.78, 5) is 1.32. The van der Waals surface area contributed by atoms with Crippen molar-refractivity contribution in [3.8, 4) is 0 Å². The standard InChI is InChI=1S/C11H16ClNOS/c1-14-11(2-4-13-5-3-11)7-10-6-9(12)8-15-10/h6,8,13H,2-5,7H2,1H3. The number of methoxy groups -OCH3 is 1. The molecule has 1 aromatic heterocycles. The van der Waals surface area contributed by atoms with E-state index in [0.29, 0.717) is 0 Å². The van der Waals surface area contributed by atoms with Crippen molar-refractivity contribution in [1.82, 2.24) is 5.32 Å². The second-order valence-corrected chi connectivity index (χ2v) is 5.48. The molecule has 0 unspecified atom stereocenters. The van der Waals surface area contributed by atoms with Gasteiger partial charge in [0.05, 0.1) is 10.6 Å². The van der Waals surface area contributed by atoms with Gasteiger partial charge in [-0.25, -0.2) is 0 Å². The van der Waals surface area contributed by atoms with Crippen molar-refractivity contribution in [1.29, 1.82) is 0 Å². The SMILES string of the molecule is COC1(Cc2cc(Cl)cs2)CCNCC1. The van der Waals surface area contributed by atoms with Crippen LogP contribution in [0, 0.1) is 0 Å². The molecule has 2 nitrogen and oxygen atoms in total. The molecule has 0 radical (unpaired) electrons. The highest BCUT2D eigenvalue weighted by molar-refractivity contribution is 7.10.